The van der Waals surface area contributed by atoms with Gasteiger partial charge >= 0.3 is 0 Å². The molecule has 1 unspecified atom stereocenters. The van der Waals surface area contributed by atoms with Crippen LogP contribution in [0.15, 0.2) is 24.3 Å². The number of benzene rings is 1. The molecule has 1 aromatic carbocycles. The Balaban J connectivity index is 1.66. The molecule has 0 aliphatic carbocycles. The lowest BCUT2D eigenvalue weighted by atomic mass is 10.1. The summed E-state index contributed by atoms with van der Waals surface area (Å²) in [4.78, 5) is 23.7. The molecule has 21 heavy (non-hydrogen) atoms. The van der Waals surface area contributed by atoms with E-state index < -0.39 is 0 Å². The van der Waals surface area contributed by atoms with E-state index in [0.717, 1.165) is 23.6 Å². The highest BCUT2D eigenvalue weighted by Crippen LogP contribution is 2.07. The SMILES string of the molecule is Cc1ccc(C(=O)NCCNC(=O)C2CSCCN2)cc1. The number of aryl methyl sites for hydroxylation is 1. The lowest BCUT2D eigenvalue weighted by molar-refractivity contribution is -0.122. The first kappa shape index (κ1) is 15.9. The number of hydrogen-bond donors (Lipinski definition) is 3. The molecule has 6 heteroatoms. The molecule has 3 N–H and O–H groups in total. The van der Waals surface area contributed by atoms with E-state index in [1.165, 1.54) is 0 Å². The molecule has 1 saturated heterocycles. The Hall–Kier alpha value is -1.53. The van der Waals surface area contributed by atoms with Gasteiger partial charge in [0, 0.05) is 36.7 Å². The first-order valence-electron chi connectivity index (χ1n) is 7.10. The lowest BCUT2D eigenvalue weighted by Gasteiger charge is -2.22. The second kappa shape index (κ2) is 8.05. The second-order valence-corrected chi connectivity index (χ2v) is 6.14. The summed E-state index contributed by atoms with van der Waals surface area (Å²) in [5.41, 5.74) is 1.76. The highest BCUT2D eigenvalue weighted by Gasteiger charge is 2.20. The van der Waals surface area contributed by atoms with Gasteiger partial charge < -0.3 is 16.0 Å². The van der Waals surface area contributed by atoms with Crippen molar-refractivity contribution in [2.45, 2.75) is 13.0 Å². The minimum Gasteiger partial charge on any atom is -0.353 e. The van der Waals surface area contributed by atoms with Crippen molar-refractivity contribution in [1.29, 1.82) is 0 Å². The zero-order valence-electron chi connectivity index (χ0n) is 12.1. The first-order chi connectivity index (χ1) is 10.2. The van der Waals surface area contributed by atoms with Gasteiger partial charge in [0.15, 0.2) is 0 Å². The smallest absolute Gasteiger partial charge is 0.251 e. The second-order valence-electron chi connectivity index (χ2n) is 4.99. The molecule has 2 rings (SSSR count). The molecule has 1 aliphatic rings. The van der Waals surface area contributed by atoms with Crippen LogP contribution in [0.1, 0.15) is 15.9 Å². The first-order valence-corrected chi connectivity index (χ1v) is 8.26. The summed E-state index contributed by atoms with van der Waals surface area (Å²) in [7, 11) is 0. The largest absolute Gasteiger partial charge is 0.353 e. The van der Waals surface area contributed by atoms with Crippen LogP contribution in [0.3, 0.4) is 0 Å². The van der Waals surface area contributed by atoms with Gasteiger partial charge in [0.1, 0.15) is 0 Å². The molecular formula is C15H21N3O2S. The van der Waals surface area contributed by atoms with E-state index in [0.29, 0.717) is 18.7 Å². The minimum atomic E-state index is -0.115. The number of nitrogens with one attached hydrogen (secondary N) is 3. The molecule has 0 bridgehead atoms. The predicted octanol–water partition coefficient (Wildman–Crippen LogP) is 0.546. The Bertz CT molecular complexity index is 484. The Morgan fingerprint density at radius 1 is 1.24 bits per heavy atom. The molecule has 0 radical (unpaired) electrons. The topological polar surface area (TPSA) is 70.2 Å². The van der Waals surface area contributed by atoms with Crippen molar-refractivity contribution >= 4 is 23.6 Å². The van der Waals surface area contributed by atoms with Crippen LogP contribution in [0, 0.1) is 6.92 Å². The summed E-state index contributed by atoms with van der Waals surface area (Å²) in [5, 5.41) is 8.82. The zero-order chi connectivity index (χ0) is 15.1. The third-order valence-corrected chi connectivity index (χ3v) is 4.32. The summed E-state index contributed by atoms with van der Waals surface area (Å²) >= 11 is 1.78. The van der Waals surface area contributed by atoms with Gasteiger partial charge in [-0.3, -0.25) is 9.59 Å². The molecule has 2 amide bonds. The lowest BCUT2D eigenvalue weighted by Crippen LogP contribution is -2.50. The summed E-state index contributed by atoms with van der Waals surface area (Å²) in [6.45, 7) is 3.72. The van der Waals surface area contributed by atoms with Crippen molar-refractivity contribution < 1.29 is 9.59 Å². The van der Waals surface area contributed by atoms with E-state index in [1.54, 1.807) is 23.9 Å². The van der Waals surface area contributed by atoms with Crippen molar-refractivity contribution in [2.24, 2.45) is 0 Å². The molecule has 1 atom stereocenters. The number of hydrogen-bond acceptors (Lipinski definition) is 4. The maximum atomic E-state index is 11.9. The fourth-order valence-corrected chi connectivity index (χ4v) is 2.96. The molecular weight excluding hydrogens is 286 g/mol. The van der Waals surface area contributed by atoms with E-state index in [-0.39, 0.29) is 17.9 Å². The molecule has 0 aromatic heterocycles. The maximum Gasteiger partial charge on any atom is 0.251 e. The number of rotatable bonds is 5. The predicted molar refractivity (Wildman–Crippen MR) is 85.6 cm³/mol. The van der Waals surface area contributed by atoms with Gasteiger partial charge in [-0.1, -0.05) is 17.7 Å². The van der Waals surface area contributed by atoms with Crippen molar-refractivity contribution in [1.82, 2.24) is 16.0 Å². The van der Waals surface area contributed by atoms with E-state index in [1.807, 2.05) is 19.1 Å². The Morgan fingerprint density at radius 2 is 1.95 bits per heavy atom. The molecule has 1 fully saturated rings. The summed E-state index contributed by atoms with van der Waals surface area (Å²) in [6.07, 6.45) is 0. The van der Waals surface area contributed by atoms with Crippen LogP contribution in [0.4, 0.5) is 0 Å². The van der Waals surface area contributed by atoms with Gasteiger partial charge in [0.25, 0.3) is 5.91 Å². The van der Waals surface area contributed by atoms with Gasteiger partial charge in [-0.2, -0.15) is 11.8 Å². The standard InChI is InChI=1S/C15H21N3O2S/c1-11-2-4-12(5-3-11)14(19)17-6-7-18-15(20)13-10-21-9-8-16-13/h2-5,13,16H,6-10H2,1H3,(H,17,19)(H,18,20). The molecule has 0 spiro atoms. The fourth-order valence-electron chi connectivity index (χ4n) is 2.03. The molecule has 114 valence electrons. The third-order valence-electron chi connectivity index (χ3n) is 3.26. The molecule has 1 aliphatic heterocycles. The van der Waals surface area contributed by atoms with Crippen LogP contribution in [0.25, 0.3) is 0 Å². The van der Waals surface area contributed by atoms with Gasteiger partial charge in [-0.05, 0) is 19.1 Å². The van der Waals surface area contributed by atoms with Crippen LogP contribution in [0.2, 0.25) is 0 Å². The van der Waals surface area contributed by atoms with E-state index in [9.17, 15) is 9.59 Å². The number of carbonyl (C=O) groups is 2. The van der Waals surface area contributed by atoms with E-state index >= 15 is 0 Å². The minimum absolute atomic E-state index is 0.00628. The summed E-state index contributed by atoms with van der Waals surface area (Å²) in [5.74, 6) is 1.75. The Labute approximate surface area is 129 Å². The molecule has 1 aromatic rings. The van der Waals surface area contributed by atoms with Gasteiger partial charge in [0.05, 0.1) is 6.04 Å². The molecule has 1 heterocycles. The summed E-state index contributed by atoms with van der Waals surface area (Å²) < 4.78 is 0. The van der Waals surface area contributed by atoms with Crippen molar-refractivity contribution in [2.75, 3.05) is 31.1 Å². The third kappa shape index (κ3) is 5.06. The van der Waals surface area contributed by atoms with Crippen LogP contribution < -0.4 is 16.0 Å². The van der Waals surface area contributed by atoms with E-state index in [2.05, 4.69) is 16.0 Å². The van der Waals surface area contributed by atoms with Crippen LogP contribution >= 0.6 is 11.8 Å². The van der Waals surface area contributed by atoms with Gasteiger partial charge in [-0.15, -0.1) is 0 Å². The fraction of sp³-hybridized carbons (Fsp3) is 0.467. The van der Waals surface area contributed by atoms with Crippen molar-refractivity contribution in [3.05, 3.63) is 35.4 Å². The normalized spacial score (nSPS) is 18.0. The van der Waals surface area contributed by atoms with E-state index in [4.69, 9.17) is 0 Å². The van der Waals surface area contributed by atoms with Crippen LogP contribution in [-0.2, 0) is 4.79 Å². The zero-order valence-corrected chi connectivity index (χ0v) is 13.0. The Morgan fingerprint density at radius 3 is 2.62 bits per heavy atom. The Kier molecular flexibility index (Phi) is 6.07. The highest BCUT2D eigenvalue weighted by atomic mass is 32.2. The molecule has 0 saturated carbocycles. The highest BCUT2D eigenvalue weighted by molar-refractivity contribution is 7.99. The average molecular weight is 307 g/mol. The monoisotopic (exact) mass is 307 g/mol. The van der Waals surface area contributed by atoms with Crippen LogP contribution in [0.5, 0.6) is 0 Å². The average Bonchev–Trinajstić information content (AvgIpc) is 2.52. The van der Waals surface area contributed by atoms with Crippen LogP contribution in [-0.4, -0.2) is 49.0 Å². The quantitative estimate of drug-likeness (QED) is 0.695. The summed E-state index contributed by atoms with van der Waals surface area (Å²) in [6, 6.07) is 7.29. The molecule has 5 nitrogen and oxygen atoms in total. The number of carbonyl (C=O) groups excluding carboxylic acids is 2. The van der Waals surface area contributed by atoms with Crippen molar-refractivity contribution in [3.8, 4) is 0 Å². The number of thioether (sulfide) groups is 1. The van der Waals surface area contributed by atoms with Crippen molar-refractivity contribution in [3.63, 3.8) is 0 Å². The number of amides is 2. The van der Waals surface area contributed by atoms with Gasteiger partial charge in [0.2, 0.25) is 5.91 Å². The maximum absolute atomic E-state index is 11.9. The van der Waals surface area contributed by atoms with Gasteiger partial charge in [-0.25, -0.2) is 0 Å².